The van der Waals surface area contributed by atoms with Gasteiger partial charge in [0.2, 0.25) is 0 Å². The summed E-state index contributed by atoms with van der Waals surface area (Å²) >= 11 is 2.11. The molecule has 0 radical (unpaired) electrons. The van der Waals surface area contributed by atoms with E-state index in [1.54, 1.807) is 0 Å². The molecule has 0 spiro atoms. The zero-order valence-electron chi connectivity index (χ0n) is 2.16. The maximum atomic E-state index is 6.32. The Kier molecular flexibility index (Phi) is 4.13. The Morgan fingerprint density at radius 1 is 2.00 bits per heavy atom. The summed E-state index contributed by atoms with van der Waals surface area (Å²) in [5.41, 5.74) is 0. The summed E-state index contributed by atoms with van der Waals surface area (Å²) in [6.45, 7) is 0. The zero-order valence-corrected chi connectivity index (χ0v) is 4.32. The molecule has 1 nitrogen and oxygen atoms in total. The first-order chi connectivity index (χ1) is 1.91. The molecule has 0 unspecified atom stereocenters. The number of rotatable bonds is 1. The van der Waals surface area contributed by atoms with Crippen LogP contribution in [0.25, 0.3) is 0 Å². The Hall–Kier alpha value is 0.595. The van der Waals surface area contributed by atoms with Crippen LogP contribution >= 0.6 is 22.6 Å². The normalized spacial score (nSPS) is 5.25. The molecule has 1 N–H and O–H groups in total. The summed E-state index contributed by atoms with van der Waals surface area (Å²) < 4.78 is 0.831. The van der Waals surface area contributed by atoms with Crippen molar-refractivity contribution in [3.05, 3.63) is 0 Å². The van der Waals surface area contributed by atoms with Crippen molar-refractivity contribution >= 4 is 29.7 Å². The van der Waals surface area contributed by atoms with Gasteiger partial charge in [0, 0.05) is 0 Å². The zero-order chi connectivity index (χ0) is 3.41. The van der Waals surface area contributed by atoms with Crippen LogP contribution < -0.4 is 0 Å². The van der Waals surface area contributed by atoms with Gasteiger partial charge in [-0.15, -0.1) is 0 Å². The second-order valence-electron chi connectivity index (χ2n) is 0.358. The molecule has 0 heterocycles. The standard InChI is InChI=1S/CH3BIN/c3-1-2-4/h4H,1H2. The fraction of sp³-hybridized carbons (Fsp3) is 1.00. The maximum absolute atomic E-state index is 6.32. The first-order valence-electron chi connectivity index (χ1n) is 0.964. The van der Waals surface area contributed by atoms with Crippen molar-refractivity contribution in [2.75, 3.05) is 4.33 Å². The van der Waals surface area contributed by atoms with Gasteiger partial charge in [-0.05, 0) is 0 Å². The Bertz CT molecular complexity index is 22.0. The topological polar surface area (TPSA) is 23.9 Å². The van der Waals surface area contributed by atoms with Crippen LogP contribution in [-0.4, -0.2) is 11.4 Å². The molecular weight excluding hydrogens is 164 g/mol. The van der Waals surface area contributed by atoms with E-state index in [4.69, 9.17) is 5.31 Å². The van der Waals surface area contributed by atoms with Gasteiger partial charge >= 0.3 is 39.3 Å². The predicted octanol–water partition coefficient (Wildman–Crippen LogP) is 0.845. The number of hydrogen-bond donors (Lipinski definition) is 1. The summed E-state index contributed by atoms with van der Waals surface area (Å²) in [6.07, 6.45) is 0. The van der Waals surface area contributed by atoms with Crippen molar-refractivity contribution in [2.45, 2.75) is 0 Å². The summed E-state index contributed by atoms with van der Waals surface area (Å²) in [7, 11) is 1.36. The van der Waals surface area contributed by atoms with Gasteiger partial charge in [0.15, 0.2) is 0 Å². The molecule has 3 heteroatoms. The van der Waals surface area contributed by atoms with E-state index in [0.29, 0.717) is 0 Å². The fourth-order valence-corrected chi connectivity index (χ4v) is 0. The number of hydrogen-bond acceptors (Lipinski definition) is 1. The molecule has 0 saturated heterocycles. The molecule has 22 valence electrons. The molecule has 0 bridgehead atoms. The SMILES string of the molecule is N=BCI. The molecule has 0 aromatic heterocycles. The molecule has 4 heavy (non-hydrogen) atoms. The van der Waals surface area contributed by atoms with Gasteiger partial charge in [0.05, 0.1) is 0 Å². The van der Waals surface area contributed by atoms with E-state index in [9.17, 15) is 0 Å². The second kappa shape index (κ2) is 3.59. The average Bonchev–Trinajstić information content (AvgIpc) is 1.37. The van der Waals surface area contributed by atoms with Gasteiger partial charge in [-0.2, -0.15) is 0 Å². The number of halogens is 1. The van der Waals surface area contributed by atoms with Gasteiger partial charge < -0.3 is 0 Å². The van der Waals surface area contributed by atoms with E-state index in [2.05, 4.69) is 22.6 Å². The van der Waals surface area contributed by atoms with Gasteiger partial charge in [0.1, 0.15) is 0 Å². The first-order valence-corrected chi connectivity index (χ1v) is 2.49. The molecule has 0 aliphatic heterocycles. The Labute approximate surface area is 39.7 Å². The summed E-state index contributed by atoms with van der Waals surface area (Å²) in [6, 6.07) is 0. The Morgan fingerprint density at radius 3 is 2.25 bits per heavy atom. The molecule has 0 rings (SSSR count). The molecule has 0 aromatic rings. The second-order valence-corrected chi connectivity index (χ2v) is 1.24. The van der Waals surface area contributed by atoms with E-state index >= 15 is 0 Å². The van der Waals surface area contributed by atoms with Crippen LogP contribution in [0.4, 0.5) is 0 Å². The van der Waals surface area contributed by atoms with Crippen LogP contribution in [-0.2, 0) is 0 Å². The third-order valence-electron chi connectivity index (χ3n) is 0.0772. The number of alkyl halides is 1. The van der Waals surface area contributed by atoms with E-state index in [0.717, 1.165) is 4.33 Å². The van der Waals surface area contributed by atoms with Gasteiger partial charge in [-0.25, -0.2) is 0 Å². The van der Waals surface area contributed by atoms with Gasteiger partial charge in [-0.3, -0.25) is 0 Å². The Balaban J connectivity index is 2.30. The molecular formula is CH3BIN. The fourth-order valence-electron chi connectivity index (χ4n) is 0. The van der Waals surface area contributed by atoms with Crippen LogP contribution in [0.5, 0.6) is 0 Å². The Morgan fingerprint density at radius 2 is 2.25 bits per heavy atom. The minimum atomic E-state index is 0.831. The summed E-state index contributed by atoms with van der Waals surface area (Å²) in [4.78, 5) is 0. The molecule has 0 aliphatic rings. The molecule has 0 amide bonds. The van der Waals surface area contributed by atoms with Crippen molar-refractivity contribution in [3.8, 4) is 0 Å². The first kappa shape index (κ1) is 4.59. The van der Waals surface area contributed by atoms with Gasteiger partial charge in [-0.1, -0.05) is 0 Å². The van der Waals surface area contributed by atoms with E-state index in [1.165, 1.54) is 7.07 Å². The van der Waals surface area contributed by atoms with Crippen molar-refractivity contribution < 1.29 is 0 Å². The van der Waals surface area contributed by atoms with E-state index in [1.807, 2.05) is 0 Å². The van der Waals surface area contributed by atoms with Crippen molar-refractivity contribution in [3.63, 3.8) is 0 Å². The quantitative estimate of drug-likeness (QED) is 0.339. The molecule has 0 aliphatic carbocycles. The van der Waals surface area contributed by atoms with Crippen molar-refractivity contribution in [1.82, 2.24) is 0 Å². The third kappa shape index (κ3) is 2.59. The summed E-state index contributed by atoms with van der Waals surface area (Å²) in [5, 5.41) is 6.32. The van der Waals surface area contributed by atoms with Crippen LogP contribution in [0, 0.1) is 5.31 Å². The van der Waals surface area contributed by atoms with Crippen LogP contribution in [0.15, 0.2) is 0 Å². The van der Waals surface area contributed by atoms with Crippen molar-refractivity contribution in [1.29, 1.82) is 5.31 Å². The third-order valence-corrected chi connectivity index (χ3v) is 0.518. The molecule has 0 saturated carbocycles. The van der Waals surface area contributed by atoms with Crippen LogP contribution in [0.1, 0.15) is 0 Å². The molecule has 0 fully saturated rings. The minimum absolute atomic E-state index is 0.831. The van der Waals surface area contributed by atoms with E-state index in [-0.39, 0.29) is 0 Å². The van der Waals surface area contributed by atoms with Crippen LogP contribution in [0.2, 0.25) is 0 Å². The van der Waals surface area contributed by atoms with E-state index < -0.39 is 0 Å². The number of nitrogens with one attached hydrogen (secondary N) is 1. The predicted molar refractivity (Wildman–Crippen MR) is 27.4 cm³/mol. The molecule has 0 aromatic carbocycles. The van der Waals surface area contributed by atoms with Crippen molar-refractivity contribution in [2.24, 2.45) is 0 Å². The monoisotopic (exact) mass is 167 g/mol. The molecule has 0 atom stereocenters. The van der Waals surface area contributed by atoms with Crippen LogP contribution in [0.3, 0.4) is 0 Å². The summed E-state index contributed by atoms with van der Waals surface area (Å²) in [5.74, 6) is 0. The van der Waals surface area contributed by atoms with Gasteiger partial charge in [0.25, 0.3) is 0 Å². The average molecular weight is 167 g/mol.